The molecule has 0 saturated carbocycles. The van der Waals surface area contributed by atoms with Crippen molar-refractivity contribution in [2.45, 2.75) is 0 Å². The standard InChI is InChI=1S/C32H16N4OS2/c1-3-7-19-17(5-1)13-22-29(35-11-9-33-22)27(19)25-15-21-31-24(37-32(21)39-25)16-26(38-31)28-20-8-4-2-6-18(20)14-23-30(28)36-12-10-34-23/h1-16H. The summed E-state index contributed by atoms with van der Waals surface area (Å²) in [4.78, 5) is 21.8. The van der Waals surface area contributed by atoms with Crippen LogP contribution in [0.25, 0.3) is 85.1 Å². The number of hydrogen-bond donors (Lipinski definition) is 0. The number of nitrogens with zero attached hydrogens (tertiary/aromatic N) is 4. The molecule has 7 heteroatoms. The minimum Gasteiger partial charge on any atom is -0.444 e. The lowest BCUT2D eigenvalue weighted by molar-refractivity contribution is 0.679. The lowest BCUT2D eigenvalue weighted by Crippen LogP contribution is -1.88. The van der Waals surface area contributed by atoms with Gasteiger partial charge in [-0.2, -0.15) is 0 Å². The van der Waals surface area contributed by atoms with E-state index >= 15 is 0 Å². The molecule has 39 heavy (non-hydrogen) atoms. The molecule has 5 aromatic heterocycles. The number of aromatic nitrogens is 4. The molecule has 0 aliphatic rings. The lowest BCUT2D eigenvalue weighted by atomic mass is 10.0. The summed E-state index contributed by atoms with van der Waals surface area (Å²) >= 11 is 3.42. The maximum atomic E-state index is 6.46. The number of fused-ring (bicyclic) bond motifs is 7. The zero-order valence-electron chi connectivity index (χ0n) is 20.3. The average Bonchev–Trinajstić information content (AvgIpc) is 3.65. The van der Waals surface area contributed by atoms with E-state index in [-0.39, 0.29) is 0 Å². The SMILES string of the molecule is c1ccc2c(-c3cc4c(oc5cc(-c6c7ccccc7cc7nccnc67)sc54)s3)c3nccnc3cc2c1. The average molecular weight is 537 g/mol. The predicted octanol–water partition coefficient (Wildman–Crippen LogP) is 9.24. The van der Waals surface area contributed by atoms with Gasteiger partial charge in [-0.1, -0.05) is 59.9 Å². The van der Waals surface area contributed by atoms with Crippen molar-refractivity contribution in [3.63, 3.8) is 0 Å². The summed E-state index contributed by atoms with van der Waals surface area (Å²) in [5, 5.41) is 5.76. The highest BCUT2D eigenvalue weighted by molar-refractivity contribution is 7.26. The second-order valence-electron chi connectivity index (χ2n) is 9.51. The number of rotatable bonds is 2. The highest BCUT2D eigenvalue weighted by atomic mass is 32.1. The van der Waals surface area contributed by atoms with Crippen molar-refractivity contribution in [2.24, 2.45) is 0 Å². The maximum absolute atomic E-state index is 6.46. The second kappa shape index (κ2) is 7.89. The van der Waals surface area contributed by atoms with Crippen molar-refractivity contribution >= 4 is 86.9 Å². The predicted molar refractivity (Wildman–Crippen MR) is 162 cm³/mol. The van der Waals surface area contributed by atoms with Crippen molar-refractivity contribution in [2.75, 3.05) is 0 Å². The summed E-state index contributed by atoms with van der Waals surface area (Å²) in [5.74, 6) is 0. The Labute approximate surface area is 229 Å². The fraction of sp³-hybridized carbons (Fsp3) is 0. The van der Waals surface area contributed by atoms with Gasteiger partial charge >= 0.3 is 0 Å². The smallest absolute Gasteiger partial charge is 0.190 e. The molecular weight excluding hydrogens is 521 g/mol. The summed E-state index contributed by atoms with van der Waals surface area (Å²) < 4.78 is 7.60. The molecule has 4 aromatic carbocycles. The van der Waals surface area contributed by atoms with Gasteiger partial charge < -0.3 is 4.42 Å². The van der Waals surface area contributed by atoms with Gasteiger partial charge in [0, 0.05) is 51.7 Å². The molecule has 5 heterocycles. The van der Waals surface area contributed by atoms with Crippen LogP contribution in [0.1, 0.15) is 0 Å². The third kappa shape index (κ3) is 3.05. The fourth-order valence-corrected chi connectivity index (χ4v) is 7.95. The summed E-state index contributed by atoms with van der Waals surface area (Å²) in [6.07, 6.45) is 7.02. The van der Waals surface area contributed by atoms with Gasteiger partial charge in [-0.05, 0) is 39.7 Å². The number of furan rings is 1. The zero-order valence-corrected chi connectivity index (χ0v) is 21.9. The van der Waals surface area contributed by atoms with Gasteiger partial charge in [0.15, 0.2) is 4.90 Å². The van der Waals surface area contributed by atoms with Gasteiger partial charge in [-0.3, -0.25) is 19.9 Å². The van der Waals surface area contributed by atoms with E-state index in [2.05, 4.69) is 82.8 Å². The van der Waals surface area contributed by atoms with E-state index in [0.717, 1.165) is 79.7 Å². The third-order valence-electron chi connectivity index (χ3n) is 7.31. The Hall–Kier alpha value is -4.72. The molecule has 0 fully saturated rings. The molecule has 0 atom stereocenters. The molecule has 0 unspecified atom stereocenters. The highest BCUT2D eigenvalue weighted by Crippen LogP contribution is 2.48. The van der Waals surface area contributed by atoms with E-state index in [1.54, 1.807) is 47.5 Å². The minimum absolute atomic E-state index is 0.892. The van der Waals surface area contributed by atoms with E-state index in [0.29, 0.717) is 0 Å². The van der Waals surface area contributed by atoms with Crippen molar-refractivity contribution in [1.29, 1.82) is 0 Å². The van der Waals surface area contributed by atoms with Crippen LogP contribution in [0.2, 0.25) is 0 Å². The Morgan fingerprint density at radius 2 is 1.10 bits per heavy atom. The van der Waals surface area contributed by atoms with Crippen molar-refractivity contribution < 1.29 is 4.42 Å². The first kappa shape index (κ1) is 21.2. The normalized spacial score (nSPS) is 12.1. The molecule has 9 rings (SSSR count). The lowest BCUT2D eigenvalue weighted by Gasteiger charge is -2.08. The Bertz CT molecular complexity index is 2140. The van der Waals surface area contributed by atoms with Crippen LogP contribution in [0.3, 0.4) is 0 Å². The molecule has 9 aromatic rings. The van der Waals surface area contributed by atoms with Crippen LogP contribution in [-0.4, -0.2) is 19.9 Å². The Morgan fingerprint density at radius 3 is 1.74 bits per heavy atom. The Morgan fingerprint density at radius 1 is 0.538 bits per heavy atom. The van der Waals surface area contributed by atoms with Crippen molar-refractivity contribution in [1.82, 2.24) is 19.9 Å². The maximum Gasteiger partial charge on any atom is 0.190 e. The number of thiophene rings is 2. The molecular formula is C32H16N4OS2. The van der Waals surface area contributed by atoms with Crippen molar-refractivity contribution in [3.05, 3.63) is 97.6 Å². The van der Waals surface area contributed by atoms with E-state index in [4.69, 9.17) is 14.4 Å². The van der Waals surface area contributed by atoms with Gasteiger partial charge in [0.1, 0.15) is 5.58 Å². The van der Waals surface area contributed by atoms with Crippen LogP contribution in [0.15, 0.2) is 102 Å². The molecule has 0 saturated heterocycles. The number of benzene rings is 4. The van der Waals surface area contributed by atoms with Crippen LogP contribution >= 0.6 is 22.7 Å². The fourth-order valence-electron chi connectivity index (χ4n) is 5.64. The molecule has 0 N–H and O–H groups in total. The zero-order chi connectivity index (χ0) is 25.5. The summed E-state index contributed by atoms with van der Waals surface area (Å²) in [6.45, 7) is 0. The quantitative estimate of drug-likeness (QED) is 0.206. The molecule has 182 valence electrons. The molecule has 0 bridgehead atoms. The summed E-state index contributed by atoms with van der Waals surface area (Å²) in [7, 11) is 0. The van der Waals surface area contributed by atoms with E-state index < -0.39 is 0 Å². The molecule has 0 spiro atoms. The third-order valence-corrected chi connectivity index (χ3v) is 9.51. The van der Waals surface area contributed by atoms with E-state index in [1.165, 1.54) is 5.39 Å². The van der Waals surface area contributed by atoms with Crippen LogP contribution in [0.4, 0.5) is 0 Å². The van der Waals surface area contributed by atoms with E-state index in [1.807, 2.05) is 0 Å². The highest BCUT2D eigenvalue weighted by Gasteiger charge is 2.21. The van der Waals surface area contributed by atoms with Crippen LogP contribution in [-0.2, 0) is 0 Å². The van der Waals surface area contributed by atoms with E-state index in [9.17, 15) is 0 Å². The van der Waals surface area contributed by atoms with Gasteiger partial charge in [0.2, 0.25) is 0 Å². The summed E-state index contributed by atoms with van der Waals surface area (Å²) in [6, 6.07) is 25.5. The van der Waals surface area contributed by atoms with Gasteiger partial charge in [-0.15, -0.1) is 11.3 Å². The molecule has 5 nitrogen and oxygen atoms in total. The second-order valence-corrected chi connectivity index (χ2v) is 11.6. The molecule has 0 aliphatic heterocycles. The van der Waals surface area contributed by atoms with Crippen LogP contribution in [0, 0.1) is 0 Å². The summed E-state index contributed by atoms with van der Waals surface area (Å²) in [5.41, 5.74) is 6.70. The van der Waals surface area contributed by atoms with Crippen LogP contribution < -0.4 is 0 Å². The first-order valence-corrected chi connectivity index (χ1v) is 14.2. The Balaban J connectivity index is 1.30. The largest absolute Gasteiger partial charge is 0.444 e. The van der Waals surface area contributed by atoms with Gasteiger partial charge in [0.05, 0.1) is 32.2 Å². The number of hydrogen-bond acceptors (Lipinski definition) is 7. The monoisotopic (exact) mass is 536 g/mol. The molecule has 0 amide bonds. The van der Waals surface area contributed by atoms with Gasteiger partial charge in [0.25, 0.3) is 0 Å². The Kier molecular flexibility index (Phi) is 4.30. The molecule has 0 radical (unpaired) electrons. The van der Waals surface area contributed by atoms with Gasteiger partial charge in [-0.25, -0.2) is 0 Å². The molecule has 0 aliphatic carbocycles. The first-order chi connectivity index (χ1) is 19.3. The first-order valence-electron chi connectivity index (χ1n) is 12.5. The van der Waals surface area contributed by atoms with Crippen LogP contribution in [0.5, 0.6) is 0 Å². The minimum atomic E-state index is 0.892. The topological polar surface area (TPSA) is 64.7 Å². The van der Waals surface area contributed by atoms with Crippen molar-refractivity contribution in [3.8, 4) is 20.9 Å².